The van der Waals surface area contributed by atoms with Crippen LogP contribution >= 0.6 is 0 Å². The first-order valence-corrected chi connectivity index (χ1v) is 8.90. The number of para-hydroxylation sites is 1. The molecule has 136 valence electrons. The van der Waals surface area contributed by atoms with Crippen molar-refractivity contribution in [3.63, 3.8) is 0 Å². The predicted octanol–water partition coefficient (Wildman–Crippen LogP) is 1.40. The van der Waals surface area contributed by atoms with E-state index in [1.807, 2.05) is 24.3 Å². The summed E-state index contributed by atoms with van der Waals surface area (Å²) in [6.45, 7) is 0.905. The van der Waals surface area contributed by atoms with Crippen molar-refractivity contribution in [2.45, 2.75) is 24.9 Å². The van der Waals surface area contributed by atoms with E-state index in [0.717, 1.165) is 29.1 Å². The molecule has 26 heavy (non-hydrogen) atoms. The van der Waals surface area contributed by atoms with Gasteiger partial charge in [0.2, 0.25) is 5.91 Å². The number of hydrogen-bond donors (Lipinski definition) is 1. The van der Waals surface area contributed by atoms with Gasteiger partial charge in [-0.05, 0) is 25.0 Å². The molecule has 2 saturated heterocycles. The lowest BCUT2D eigenvalue weighted by Gasteiger charge is -2.34. The average molecular weight is 355 g/mol. The van der Waals surface area contributed by atoms with Crippen molar-refractivity contribution < 1.29 is 19.1 Å². The molecule has 1 unspecified atom stereocenters. The smallest absolute Gasteiger partial charge is 0.325 e. The molecule has 1 aromatic carbocycles. The maximum Gasteiger partial charge on any atom is 0.325 e. The van der Waals surface area contributed by atoms with E-state index in [1.165, 1.54) is 0 Å². The third kappa shape index (κ3) is 3.05. The molecule has 0 aliphatic carbocycles. The first-order chi connectivity index (χ1) is 12.6. The summed E-state index contributed by atoms with van der Waals surface area (Å²) in [7, 11) is 0. The quantitative estimate of drug-likeness (QED) is 0.814. The van der Waals surface area contributed by atoms with Crippen LogP contribution in [0.2, 0.25) is 0 Å². The first kappa shape index (κ1) is 16.6. The molecule has 0 aromatic heterocycles. The fourth-order valence-electron chi connectivity index (χ4n) is 3.70. The highest BCUT2D eigenvalue weighted by molar-refractivity contribution is 6.04. The molecular weight excluding hydrogens is 334 g/mol. The Morgan fingerprint density at radius 1 is 1.19 bits per heavy atom. The highest BCUT2D eigenvalue weighted by Gasteiger charge is 2.37. The topological polar surface area (TPSA) is 79.0 Å². The Bertz CT molecular complexity index is 775. The summed E-state index contributed by atoms with van der Waals surface area (Å²) < 4.78 is 6.28. The van der Waals surface area contributed by atoms with Crippen molar-refractivity contribution in [3.8, 4) is 5.75 Å². The van der Waals surface area contributed by atoms with Crippen LogP contribution in [0.3, 0.4) is 0 Å². The maximum absolute atomic E-state index is 12.6. The normalized spacial score (nSPS) is 24.9. The summed E-state index contributed by atoms with van der Waals surface area (Å²) in [4.78, 5) is 38.6. The number of amides is 4. The summed E-state index contributed by atoms with van der Waals surface area (Å²) in [5.74, 6) is 0.312. The Morgan fingerprint density at radius 2 is 2.04 bits per heavy atom. The van der Waals surface area contributed by atoms with E-state index < -0.39 is 11.6 Å². The van der Waals surface area contributed by atoms with Crippen LogP contribution in [-0.4, -0.2) is 59.4 Å². The number of carbonyl (C=O) groups is 3. The van der Waals surface area contributed by atoms with Crippen molar-refractivity contribution in [1.29, 1.82) is 0 Å². The van der Waals surface area contributed by atoms with E-state index in [9.17, 15) is 14.4 Å². The number of fused-ring (bicyclic) bond motifs is 1. The molecule has 7 nitrogen and oxygen atoms in total. The molecule has 3 heterocycles. The van der Waals surface area contributed by atoms with Gasteiger partial charge in [0.05, 0.1) is 6.54 Å². The first-order valence-electron chi connectivity index (χ1n) is 8.90. The molecule has 3 aliphatic rings. The largest absolute Gasteiger partial charge is 0.483 e. The number of hydrogen-bond acceptors (Lipinski definition) is 4. The van der Waals surface area contributed by atoms with E-state index in [-0.39, 0.29) is 24.9 Å². The van der Waals surface area contributed by atoms with E-state index in [2.05, 4.69) is 17.5 Å². The van der Waals surface area contributed by atoms with Gasteiger partial charge in [-0.3, -0.25) is 14.5 Å². The van der Waals surface area contributed by atoms with Gasteiger partial charge >= 0.3 is 6.03 Å². The van der Waals surface area contributed by atoms with Crippen LogP contribution in [0, 0.1) is 0 Å². The second kappa shape index (κ2) is 6.48. The zero-order valence-corrected chi connectivity index (χ0v) is 14.4. The Labute approximate surface area is 151 Å². The lowest BCUT2D eigenvalue weighted by Crippen LogP contribution is -2.44. The van der Waals surface area contributed by atoms with Crippen molar-refractivity contribution in [3.05, 3.63) is 35.9 Å². The third-order valence-corrected chi connectivity index (χ3v) is 5.21. The van der Waals surface area contributed by atoms with E-state index >= 15 is 0 Å². The minimum atomic E-state index is -0.496. The molecule has 1 N–H and O–H groups in total. The maximum atomic E-state index is 12.6. The van der Waals surface area contributed by atoms with Gasteiger partial charge in [0.25, 0.3) is 5.91 Å². The van der Waals surface area contributed by atoms with Gasteiger partial charge in [-0.1, -0.05) is 24.3 Å². The second-order valence-corrected chi connectivity index (χ2v) is 6.91. The van der Waals surface area contributed by atoms with Crippen LogP contribution in [0.15, 0.2) is 30.3 Å². The SMILES string of the molecule is O=C(CN1C(=O)CNC1=O)N1CCCC2(C=Cc3ccccc3O2)CC1. The number of carbonyl (C=O) groups excluding carboxylic acids is 3. The summed E-state index contributed by atoms with van der Waals surface area (Å²) >= 11 is 0. The molecule has 4 rings (SSSR count). The molecule has 1 aromatic rings. The fraction of sp³-hybridized carbons (Fsp3) is 0.421. The van der Waals surface area contributed by atoms with Crippen molar-refractivity contribution in [2.24, 2.45) is 0 Å². The number of benzene rings is 1. The van der Waals surface area contributed by atoms with Crippen LogP contribution in [0.25, 0.3) is 6.08 Å². The number of nitrogens with one attached hydrogen (secondary N) is 1. The predicted molar refractivity (Wildman–Crippen MR) is 94.4 cm³/mol. The summed E-state index contributed by atoms with van der Waals surface area (Å²) in [6, 6.07) is 7.42. The standard InChI is InChI=1S/C19H21N3O4/c23-16-12-20-18(25)22(16)13-17(24)21-10-3-7-19(9-11-21)8-6-14-4-1-2-5-15(14)26-19/h1-2,4-6,8H,3,7,9-13H2,(H,20,25). The van der Waals surface area contributed by atoms with Crippen LogP contribution in [0.5, 0.6) is 5.75 Å². The molecule has 4 amide bonds. The van der Waals surface area contributed by atoms with Crippen molar-refractivity contribution >= 4 is 23.9 Å². The van der Waals surface area contributed by atoms with Gasteiger partial charge in [0, 0.05) is 25.1 Å². The van der Waals surface area contributed by atoms with Crippen LogP contribution in [0.4, 0.5) is 4.79 Å². The zero-order valence-electron chi connectivity index (χ0n) is 14.4. The monoisotopic (exact) mass is 355 g/mol. The van der Waals surface area contributed by atoms with Gasteiger partial charge in [-0.2, -0.15) is 0 Å². The Balaban J connectivity index is 1.42. The number of imide groups is 1. The molecule has 2 fully saturated rings. The highest BCUT2D eigenvalue weighted by Crippen LogP contribution is 2.36. The van der Waals surface area contributed by atoms with Gasteiger partial charge in [0.15, 0.2) is 0 Å². The van der Waals surface area contributed by atoms with Crippen molar-refractivity contribution in [1.82, 2.24) is 15.1 Å². The average Bonchev–Trinajstić information content (AvgIpc) is 2.84. The molecular formula is C19H21N3O4. The number of urea groups is 1. The third-order valence-electron chi connectivity index (χ3n) is 5.21. The molecule has 7 heteroatoms. The summed E-state index contributed by atoms with van der Waals surface area (Å²) in [5, 5.41) is 2.43. The van der Waals surface area contributed by atoms with Crippen LogP contribution in [-0.2, 0) is 9.59 Å². The summed E-state index contributed by atoms with van der Waals surface area (Å²) in [5.41, 5.74) is 0.665. The Kier molecular flexibility index (Phi) is 4.14. The number of ether oxygens (including phenoxy) is 1. The lowest BCUT2D eigenvalue weighted by molar-refractivity contribution is -0.136. The van der Waals surface area contributed by atoms with Crippen molar-refractivity contribution in [2.75, 3.05) is 26.2 Å². The summed E-state index contributed by atoms with van der Waals surface area (Å²) in [6.07, 6.45) is 6.50. The van der Waals surface area contributed by atoms with E-state index in [0.29, 0.717) is 19.5 Å². The molecule has 1 spiro atoms. The number of likely N-dealkylation sites (tertiary alicyclic amines) is 1. The minimum absolute atomic E-state index is 0.0345. The second-order valence-electron chi connectivity index (χ2n) is 6.91. The number of rotatable bonds is 2. The number of nitrogens with zero attached hydrogens (tertiary/aromatic N) is 2. The molecule has 1 atom stereocenters. The van der Waals surface area contributed by atoms with Gasteiger partial charge in [0.1, 0.15) is 17.9 Å². The van der Waals surface area contributed by atoms with Crippen LogP contribution < -0.4 is 10.1 Å². The highest BCUT2D eigenvalue weighted by atomic mass is 16.5. The lowest BCUT2D eigenvalue weighted by atomic mass is 9.91. The zero-order chi connectivity index (χ0) is 18.1. The van der Waals surface area contributed by atoms with Gasteiger partial charge in [-0.15, -0.1) is 0 Å². The van der Waals surface area contributed by atoms with Gasteiger partial charge in [-0.25, -0.2) is 4.79 Å². The molecule has 3 aliphatic heterocycles. The Hall–Kier alpha value is -2.83. The van der Waals surface area contributed by atoms with Crippen LogP contribution in [0.1, 0.15) is 24.8 Å². The molecule has 0 saturated carbocycles. The fourth-order valence-corrected chi connectivity index (χ4v) is 3.70. The van der Waals surface area contributed by atoms with Gasteiger partial charge < -0.3 is 15.0 Å². The Morgan fingerprint density at radius 3 is 2.85 bits per heavy atom. The molecule has 0 bridgehead atoms. The van der Waals surface area contributed by atoms with E-state index in [1.54, 1.807) is 4.90 Å². The minimum Gasteiger partial charge on any atom is -0.483 e. The van der Waals surface area contributed by atoms with E-state index in [4.69, 9.17) is 4.74 Å². The molecule has 0 radical (unpaired) electrons.